The minimum Gasteiger partial charge on any atom is -0.462 e. The fraction of sp³-hybridized carbons (Fsp3) is 0.744. The van der Waals surface area contributed by atoms with E-state index in [1.165, 1.54) is 19.3 Å². The van der Waals surface area contributed by atoms with Crippen molar-refractivity contribution in [2.75, 3.05) is 26.4 Å². The van der Waals surface area contributed by atoms with Crippen LogP contribution in [0.4, 0.5) is 0 Å². The first-order chi connectivity index (χ1) is 24.2. The Morgan fingerprint density at radius 3 is 1.68 bits per heavy atom. The highest BCUT2D eigenvalue weighted by Crippen LogP contribution is 2.43. The highest BCUT2D eigenvalue weighted by atomic mass is 31.2. The minimum absolute atomic E-state index is 0.168. The zero-order valence-corrected chi connectivity index (χ0v) is 32.0. The van der Waals surface area contributed by atoms with Crippen molar-refractivity contribution in [3.8, 4) is 0 Å². The van der Waals surface area contributed by atoms with Crippen LogP contribution in [0.1, 0.15) is 149 Å². The monoisotopic (exact) mass is 728 g/mol. The van der Waals surface area contributed by atoms with Crippen LogP contribution >= 0.6 is 7.82 Å². The summed E-state index contributed by atoms with van der Waals surface area (Å²) in [7, 11) is -4.62. The third-order valence-electron chi connectivity index (χ3n) is 7.72. The van der Waals surface area contributed by atoms with E-state index in [-0.39, 0.29) is 19.4 Å². The molecule has 0 aromatic carbocycles. The van der Waals surface area contributed by atoms with E-state index < -0.39 is 51.8 Å². The first kappa shape index (κ1) is 47.9. The normalized spacial score (nSPS) is 14.6. The lowest BCUT2D eigenvalue weighted by Gasteiger charge is -2.20. The molecule has 0 rings (SSSR count). The molecule has 0 saturated carbocycles. The second kappa shape index (κ2) is 35.3. The Labute approximate surface area is 303 Å². The quantitative estimate of drug-likeness (QED) is 0.0249. The predicted molar refractivity (Wildman–Crippen MR) is 201 cm³/mol. The van der Waals surface area contributed by atoms with Crippen molar-refractivity contribution >= 4 is 19.8 Å². The number of phosphoric ester groups is 1. The summed E-state index contributed by atoms with van der Waals surface area (Å²) in [6, 6.07) is 0. The topological polar surface area (TPSA) is 149 Å². The summed E-state index contributed by atoms with van der Waals surface area (Å²) < 4.78 is 32.5. The van der Waals surface area contributed by atoms with E-state index in [2.05, 4.69) is 67.0 Å². The Hall–Kier alpha value is -2.07. The number of carbonyl (C=O) groups is 2. The largest absolute Gasteiger partial charge is 0.472 e. The summed E-state index contributed by atoms with van der Waals surface area (Å²) in [6.45, 7) is 2.19. The first-order valence-corrected chi connectivity index (χ1v) is 20.6. The number of hydrogen-bond acceptors (Lipinski definition) is 9. The Morgan fingerprint density at radius 1 is 0.620 bits per heavy atom. The lowest BCUT2D eigenvalue weighted by atomic mass is 10.1. The summed E-state index contributed by atoms with van der Waals surface area (Å²) >= 11 is 0. The van der Waals surface area contributed by atoms with Gasteiger partial charge in [-0.3, -0.25) is 18.6 Å². The van der Waals surface area contributed by atoms with Crippen LogP contribution in [0.15, 0.2) is 48.6 Å². The van der Waals surface area contributed by atoms with Crippen molar-refractivity contribution in [1.29, 1.82) is 0 Å². The van der Waals surface area contributed by atoms with E-state index in [4.69, 9.17) is 19.1 Å². The number of allylic oxidation sites excluding steroid dienone is 8. The van der Waals surface area contributed by atoms with Gasteiger partial charge in [-0.05, 0) is 70.6 Å². The molecule has 10 nitrogen and oxygen atoms in total. The van der Waals surface area contributed by atoms with E-state index in [1.807, 2.05) is 0 Å². The molecular formula is C39H69O10P. The average molecular weight is 729 g/mol. The molecule has 3 N–H and O–H groups in total. The average Bonchev–Trinajstić information content (AvgIpc) is 3.10. The maximum Gasteiger partial charge on any atom is 0.472 e. The van der Waals surface area contributed by atoms with Crippen molar-refractivity contribution < 1.29 is 47.8 Å². The van der Waals surface area contributed by atoms with Crippen LogP contribution in [-0.2, 0) is 32.7 Å². The van der Waals surface area contributed by atoms with Crippen LogP contribution in [0.25, 0.3) is 0 Å². The number of hydrogen-bond donors (Lipinski definition) is 3. The Morgan fingerprint density at radius 2 is 1.10 bits per heavy atom. The molecule has 0 fully saturated rings. The van der Waals surface area contributed by atoms with Crippen LogP contribution in [0.2, 0.25) is 0 Å². The lowest BCUT2D eigenvalue weighted by molar-refractivity contribution is -0.161. The van der Waals surface area contributed by atoms with Crippen LogP contribution in [0.5, 0.6) is 0 Å². The maximum absolute atomic E-state index is 12.5. The van der Waals surface area contributed by atoms with Gasteiger partial charge in [0.15, 0.2) is 6.10 Å². The van der Waals surface area contributed by atoms with Crippen molar-refractivity contribution in [1.82, 2.24) is 0 Å². The van der Waals surface area contributed by atoms with Crippen LogP contribution in [0.3, 0.4) is 0 Å². The van der Waals surface area contributed by atoms with E-state index in [0.717, 1.165) is 89.9 Å². The number of phosphoric acid groups is 1. The van der Waals surface area contributed by atoms with Gasteiger partial charge < -0.3 is 24.6 Å². The van der Waals surface area contributed by atoms with E-state index in [9.17, 15) is 24.2 Å². The number of carbonyl (C=O) groups excluding carboxylic acids is 2. The smallest absolute Gasteiger partial charge is 0.462 e. The Balaban J connectivity index is 4.41. The van der Waals surface area contributed by atoms with Crippen molar-refractivity contribution in [2.45, 2.75) is 161 Å². The van der Waals surface area contributed by atoms with Gasteiger partial charge in [-0.15, -0.1) is 0 Å². The minimum atomic E-state index is -4.62. The van der Waals surface area contributed by atoms with Gasteiger partial charge in [0.1, 0.15) is 12.7 Å². The Kier molecular flexibility index (Phi) is 33.9. The number of esters is 2. The summed E-state index contributed by atoms with van der Waals surface area (Å²) in [5.41, 5.74) is 0. The molecule has 1 unspecified atom stereocenters. The van der Waals surface area contributed by atoms with Crippen molar-refractivity contribution in [3.63, 3.8) is 0 Å². The Bertz CT molecular complexity index is 978. The lowest BCUT2D eigenvalue weighted by Crippen LogP contribution is -2.29. The molecule has 0 bridgehead atoms. The molecule has 0 aliphatic carbocycles. The SMILES string of the molecule is CC/C=C/C/C=C/C/C=C/CCCCCCCC(=O)OC[C@H](COP(=O)(O)OC[C@@H](O)CO)OC(=O)CCCCCCC/C=C/CCCCC. The molecular weight excluding hydrogens is 659 g/mol. The van der Waals surface area contributed by atoms with Crippen molar-refractivity contribution in [2.24, 2.45) is 0 Å². The standard InChI is InChI=1S/C39H69O10P/c1-3-5-7-9-11-13-15-17-18-19-21-22-24-26-28-30-38(42)46-34-37(35-48-50(44,45)47-33-36(41)32-40)49-39(43)31-29-27-25-23-20-16-14-12-10-8-6-4-2/h5,7,11-14,17-18,36-37,40-41H,3-4,6,8-10,15-16,19-35H2,1-2H3,(H,44,45)/b7-5+,13-11+,14-12+,18-17+/t36-,37+/m0/s1. The van der Waals surface area contributed by atoms with Crippen molar-refractivity contribution in [3.05, 3.63) is 48.6 Å². The van der Waals surface area contributed by atoms with Gasteiger partial charge in [0.25, 0.3) is 0 Å². The third-order valence-corrected chi connectivity index (χ3v) is 8.67. The summed E-state index contributed by atoms with van der Waals surface area (Å²) in [4.78, 5) is 34.8. The predicted octanol–water partition coefficient (Wildman–Crippen LogP) is 9.38. The molecule has 0 amide bonds. The molecule has 0 aromatic heterocycles. The van der Waals surface area contributed by atoms with Gasteiger partial charge in [0.2, 0.25) is 0 Å². The summed E-state index contributed by atoms with van der Waals surface area (Å²) in [6.07, 6.45) is 35.1. The van der Waals surface area contributed by atoms with E-state index in [1.54, 1.807) is 0 Å². The number of ether oxygens (including phenoxy) is 2. The molecule has 0 spiro atoms. The molecule has 0 radical (unpaired) electrons. The van der Waals surface area contributed by atoms with Crippen LogP contribution in [0, 0.1) is 0 Å². The molecule has 0 saturated heterocycles. The van der Waals surface area contributed by atoms with Gasteiger partial charge >= 0.3 is 19.8 Å². The molecule has 3 atom stereocenters. The molecule has 11 heteroatoms. The fourth-order valence-electron chi connectivity index (χ4n) is 4.76. The van der Waals surface area contributed by atoms with E-state index in [0.29, 0.717) is 12.8 Å². The highest BCUT2D eigenvalue weighted by Gasteiger charge is 2.27. The first-order valence-electron chi connectivity index (χ1n) is 19.1. The van der Waals surface area contributed by atoms with Crippen LogP contribution < -0.4 is 0 Å². The summed E-state index contributed by atoms with van der Waals surface area (Å²) in [5.74, 6) is -0.960. The molecule has 0 aliphatic rings. The van der Waals surface area contributed by atoms with Crippen LogP contribution in [-0.4, -0.2) is 65.7 Å². The van der Waals surface area contributed by atoms with Gasteiger partial charge in [-0.2, -0.15) is 0 Å². The third kappa shape index (κ3) is 34.4. The number of aliphatic hydroxyl groups excluding tert-OH is 2. The highest BCUT2D eigenvalue weighted by molar-refractivity contribution is 7.47. The number of unbranched alkanes of at least 4 members (excludes halogenated alkanes) is 13. The fourth-order valence-corrected chi connectivity index (χ4v) is 5.55. The summed E-state index contributed by atoms with van der Waals surface area (Å²) in [5, 5.41) is 18.3. The zero-order valence-electron chi connectivity index (χ0n) is 31.1. The second-order valence-electron chi connectivity index (χ2n) is 12.6. The second-order valence-corrected chi connectivity index (χ2v) is 14.0. The number of aliphatic hydroxyl groups is 2. The zero-order chi connectivity index (χ0) is 37.0. The molecule has 50 heavy (non-hydrogen) atoms. The van der Waals surface area contributed by atoms with Gasteiger partial charge in [0, 0.05) is 12.8 Å². The van der Waals surface area contributed by atoms with Gasteiger partial charge in [-0.25, -0.2) is 4.57 Å². The van der Waals surface area contributed by atoms with Gasteiger partial charge in [0.05, 0.1) is 19.8 Å². The molecule has 0 aliphatic heterocycles. The number of rotatable bonds is 35. The molecule has 0 aromatic rings. The molecule has 290 valence electrons. The molecule has 0 heterocycles. The van der Waals surface area contributed by atoms with E-state index >= 15 is 0 Å². The van der Waals surface area contributed by atoms with Gasteiger partial charge in [-0.1, -0.05) is 114 Å². The maximum atomic E-state index is 12.5.